The molecule has 1 heterocycles. The van der Waals surface area contributed by atoms with Gasteiger partial charge in [-0.1, -0.05) is 11.6 Å². The summed E-state index contributed by atoms with van der Waals surface area (Å²) in [6.45, 7) is 2.27. The van der Waals surface area contributed by atoms with Crippen molar-refractivity contribution in [2.45, 2.75) is 6.92 Å². The molecule has 1 aromatic carbocycles. The van der Waals surface area contributed by atoms with Crippen LogP contribution in [0.3, 0.4) is 0 Å². The molecule has 1 aliphatic rings. The van der Waals surface area contributed by atoms with Crippen molar-refractivity contribution in [1.82, 2.24) is 10.2 Å². The Morgan fingerprint density at radius 3 is 2.60 bits per heavy atom. The highest BCUT2D eigenvalue weighted by molar-refractivity contribution is 6.31. The molecule has 106 valence electrons. The Morgan fingerprint density at radius 1 is 1.35 bits per heavy atom. The summed E-state index contributed by atoms with van der Waals surface area (Å²) in [5.74, 6) is -1.37. The van der Waals surface area contributed by atoms with E-state index < -0.39 is 17.7 Å². The van der Waals surface area contributed by atoms with E-state index in [1.54, 1.807) is 12.1 Å². The van der Waals surface area contributed by atoms with Crippen LogP contribution in [-0.2, 0) is 9.59 Å². The number of rotatable bonds is 3. The highest BCUT2D eigenvalue weighted by Gasteiger charge is 2.28. The van der Waals surface area contributed by atoms with Gasteiger partial charge in [0.05, 0.1) is 5.56 Å². The lowest BCUT2D eigenvalue weighted by Gasteiger charge is -2.26. The van der Waals surface area contributed by atoms with Crippen molar-refractivity contribution >= 4 is 35.0 Å². The maximum absolute atomic E-state index is 12.4. The molecule has 1 saturated heterocycles. The van der Waals surface area contributed by atoms with Crippen LogP contribution in [0.2, 0.25) is 5.02 Å². The van der Waals surface area contributed by atoms with Crippen LogP contribution in [0, 0.1) is 0 Å². The van der Waals surface area contributed by atoms with E-state index in [1.165, 1.54) is 11.0 Å². The third kappa shape index (κ3) is 3.08. The van der Waals surface area contributed by atoms with Gasteiger partial charge in [0.15, 0.2) is 0 Å². The van der Waals surface area contributed by atoms with Crippen LogP contribution in [0.15, 0.2) is 18.2 Å². The number of carbonyl (C=O) groups is 3. The third-order valence-electron chi connectivity index (χ3n) is 2.81. The second-order valence-corrected chi connectivity index (χ2v) is 4.79. The smallest absolute Gasteiger partial charge is 0.256 e. The molecule has 1 aromatic rings. The Hall–Kier alpha value is -2.08. The van der Waals surface area contributed by atoms with Crippen LogP contribution < -0.4 is 10.6 Å². The zero-order valence-electron chi connectivity index (χ0n) is 10.9. The summed E-state index contributed by atoms with van der Waals surface area (Å²) in [4.78, 5) is 36.3. The van der Waals surface area contributed by atoms with Gasteiger partial charge in [0.25, 0.3) is 5.91 Å². The monoisotopic (exact) mass is 295 g/mol. The fraction of sp³-hybridized carbons (Fsp3) is 0.308. The standard InChI is InChI=1S/C13H14ClN3O3/c1-2-15-10-4-3-8(14)5-9(10)13(20)17-6-11(18)16-12(19)7-17/h3-5,15H,2,6-7H2,1H3,(H,16,18,19). The fourth-order valence-electron chi connectivity index (χ4n) is 1.99. The number of hydrogen-bond acceptors (Lipinski definition) is 4. The minimum Gasteiger partial charge on any atom is -0.385 e. The Morgan fingerprint density at radius 2 is 2.00 bits per heavy atom. The van der Waals surface area contributed by atoms with E-state index in [1.807, 2.05) is 6.92 Å². The van der Waals surface area contributed by atoms with Crippen LogP contribution in [-0.4, -0.2) is 42.3 Å². The Balaban J connectivity index is 2.30. The minimum absolute atomic E-state index is 0.136. The van der Waals surface area contributed by atoms with E-state index in [0.29, 0.717) is 22.8 Å². The largest absolute Gasteiger partial charge is 0.385 e. The van der Waals surface area contributed by atoms with Gasteiger partial charge in [-0.05, 0) is 25.1 Å². The van der Waals surface area contributed by atoms with E-state index >= 15 is 0 Å². The van der Waals surface area contributed by atoms with Gasteiger partial charge < -0.3 is 10.2 Å². The van der Waals surface area contributed by atoms with Crippen LogP contribution in [0.5, 0.6) is 0 Å². The zero-order chi connectivity index (χ0) is 14.7. The van der Waals surface area contributed by atoms with Crippen molar-refractivity contribution < 1.29 is 14.4 Å². The number of carbonyl (C=O) groups excluding carboxylic acids is 3. The Bertz CT molecular complexity index is 558. The lowest BCUT2D eigenvalue weighted by molar-refractivity contribution is -0.135. The van der Waals surface area contributed by atoms with E-state index in [4.69, 9.17) is 11.6 Å². The molecule has 0 aromatic heterocycles. The molecule has 0 atom stereocenters. The van der Waals surface area contributed by atoms with Gasteiger partial charge in [-0.2, -0.15) is 0 Å². The van der Waals surface area contributed by atoms with Gasteiger partial charge in [-0.25, -0.2) is 0 Å². The SMILES string of the molecule is CCNc1ccc(Cl)cc1C(=O)N1CC(=O)NC(=O)C1. The summed E-state index contributed by atoms with van der Waals surface area (Å²) in [5, 5.41) is 5.63. The average molecular weight is 296 g/mol. The molecule has 0 saturated carbocycles. The average Bonchev–Trinajstić information content (AvgIpc) is 2.39. The molecule has 0 bridgehead atoms. The number of anilines is 1. The molecule has 20 heavy (non-hydrogen) atoms. The van der Waals surface area contributed by atoms with Crippen molar-refractivity contribution in [3.05, 3.63) is 28.8 Å². The summed E-state index contributed by atoms with van der Waals surface area (Å²) in [7, 11) is 0. The van der Waals surface area contributed by atoms with E-state index in [0.717, 1.165) is 0 Å². The quantitative estimate of drug-likeness (QED) is 0.811. The van der Waals surface area contributed by atoms with Crippen LogP contribution >= 0.6 is 11.6 Å². The van der Waals surface area contributed by atoms with Gasteiger partial charge >= 0.3 is 0 Å². The zero-order valence-corrected chi connectivity index (χ0v) is 11.7. The number of halogens is 1. The highest BCUT2D eigenvalue weighted by atomic mass is 35.5. The summed E-state index contributed by atoms with van der Waals surface area (Å²) in [6.07, 6.45) is 0. The van der Waals surface area contributed by atoms with E-state index in [9.17, 15) is 14.4 Å². The Kier molecular flexibility index (Phi) is 4.24. The molecule has 6 nitrogen and oxygen atoms in total. The van der Waals surface area contributed by atoms with Crippen molar-refractivity contribution in [2.24, 2.45) is 0 Å². The number of hydrogen-bond donors (Lipinski definition) is 2. The normalized spacial score (nSPS) is 15.0. The predicted molar refractivity (Wildman–Crippen MR) is 74.7 cm³/mol. The molecule has 1 aliphatic heterocycles. The first-order chi connectivity index (χ1) is 9.51. The number of piperazine rings is 1. The first kappa shape index (κ1) is 14.3. The van der Waals surface area contributed by atoms with Gasteiger partial charge in [-0.3, -0.25) is 19.7 Å². The summed E-state index contributed by atoms with van der Waals surface area (Å²) in [6, 6.07) is 4.90. The van der Waals surface area contributed by atoms with Gasteiger partial charge in [0.1, 0.15) is 13.1 Å². The van der Waals surface area contributed by atoms with E-state index in [2.05, 4.69) is 10.6 Å². The second-order valence-electron chi connectivity index (χ2n) is 4.35. The number of benzene rings is 1. The summed E-state index contributed by atoms with van der Waals surface area (Å²) < 4.78 is 0. The topological polar surface area (TPSA) is 78.5 Å². The molecule has 2 N–H and O–H groups in total. The van der Waals surface area contributed by atoms with E-state index in [-0.39, 0.29) is 13.1 Å². The van der Waals surface area contributed by atoms with Gasteiger partial charge in [-0.15, -0.1) is 0 Å². The summed E-state index contributed by atoms with van der Waals surface area (Å²) in [5.41, 5.74) is 0.974. The summed E-state index contributed by atoms with van der Waals surface area (Å²) >= 11 is 5.91. The molecule has 0 spiro atoms. The van der Waals surface area contributed by atoms with Gasteiger partial charge in [0.2, 0.25) is 11.8 Å². The lowest BCUT2D eigenvalue weighted by atomic mass is 10.1. The van der Waals surface area contributed by atoms with Crippen molar-refractivity contribution in [1.29, 1.82) is 0 Å². The fourth-order valence-corrected chi connectivity index (χ4v) is 2.16. The van der Waals surface area contributed by atoms with Crippen LogP contribution in [0.4, 0.5) is 5.69 Å². The maximum atomic E-state index is 12.4. The number of imide groups is 1. The van der Waals surface area contributed by atoms with Crippen molar-refractivity contribution in [2.75, 3.05) is 25.0 Å². The molecule has 0 unspecified atom stereocenters. The van der Waals surface area contributed by atoms with Crippen LogP contribution in [0.25, 0.3) is 0 Å². The second kappa shape index (κ2) is 5.92. The third-order valence-corrected chi connectivity index (χ3v) is 3.05. The molecule has 2 rings (SSSR count). The highest BCUT2D eigenvalue weighted by Crippen LogP contribution is 2.22. The first-order valence-electron chi connectivity index (χ1n) is 6.16. The molecular weight excluding hydrogens is 282 g/mol. The molecular formula is C13H14ClN3O3. The maximum Gasteiger partial charge on any atom is 0.256 e. The van der Waals surface area contributed by atoms with Crippen molar-refractivity contribution in [3.63, 3.8) is 0 Å². The van der Waals surface area contributed by atoms with Gasteiger partial charge in [0, 0.05) is 17.3 Å². The lowest BCUT2D eigenvalue weighted by Crippen LogP contribution is -2.53. The minimum atomic E-state index is -0.485. The molecule has 1 fully saturated rings. The number of amides is 3. The first-order valence-corrected chi connectivity index (χ1v) is 6.54. The number of nitrogens with one attached hydrogen (secondary N) is 2. The molecule has 3 amide bonds. The molecule has 0 aliphatic carbocycles. The van der Waals surface area contributed by atoms with Crippen LogP contribution in [0.1, 0.15) is 17.3 Å². The van der Waals surface area contributed by atoms with Crippen molar-refractivity contribution in [3.8, 4) is 0 Å². The number of nitrogens with zero attached hydrogens (tertiary/aromatic N) is 1. The predicted octanol–water partition coefficient (Wildman–Crippen LogP) is 0.870. The molecule has 0 radical (unpaired) electrons. The Labute approximate surface area is 121 Å². The molecule has 7 heteroatoms.